The Labute approximate surface area is 116 Å². The Bertz CT molecular complexity index is 606. The van der Waals surface area contributed by atoms with Crippen molar-refractivity contribution >= 4 is 28.7 Å². The predicted octanol–water partition coefficient (Wildman–Crippen LogP) is 2.98. The number of halogens is 1. The molecule has 0 saturated heterocycles. The van der Waals surface area contributed by atoms with Crippen LogP contribution in [0.4, 0.5) is 15.9 Å². The van der Waals surface area contributed by atoms with Gasteiger partial charge in [-0.1, -0.05) is 18.3 Å². The molecule has 1 heterocycles. The summed E-state index contributed by atoms with van der Waals surface area (Å²) in [6.07, 6.45) is 1.68. The molecular weight excluding hydrogens is 263 g/mol. The van der Waals surface area contributed by atoms with Crippen LogP contribution >= 0.6 is 12.2 Å². The van der Waals surface area contributed by atoms with Crippen molar-refractivity contribution in [2.75, 3.05) is 5.32 Å². The third-order valence-electron chi connectivity index (χ3n) is 2.68. The highest BCUT2D eigenvalue weighted by Crippen LogP contribution is 2.24. The molecule has 2 aromatic rings. The fourth-order valence-corrected chi connectivity index (χ4v) is 2.05. The highest BCUT2D eigenvalue weighted by Gasteiger charge is 2.13. The predicted molar refractivity (Wildman–Crippen MR) is 78.2 cm³/mol. The van der Waals surface area contributed by atoms with Gasteiger partial charge in [0.05, 0.1) is 17.4 Å². The molecule has 0 unspecified atom stereocenters. The van der Waals surface area contributed by atoms with E-state index in [1.54, 1.807) is 23.0 Å². The summed E-state index contributed by atoms with van der Waals surface area (Å²) in [5.74, 6) is 0.325. The molecule has 3 N–H and O–H groups in total. The molecule has 0 spiro atoms. The van der Waals surface area contributed by atoms with Crippen molar-refractivity contribution in [3.63, 3.8) is 0 Å². The van der Waals surface area contributed by atoms with E-state index in [4.69, 9.17) is 18.0 Å². The van der Waals surface area contributed by atoms with E-state index in [1.807, 2.05) is 19.9 Å². The van der Waals surface area contributed by atoms with Crippen molar-refractivity contribution in [1.29, 1.82) is 0 Å². The Hall–Kier alpha value is -1.95. The summed E-state index contributed by atoms with van der Waals surface area (Å²) in [5.41, 5.74) is 6.32. The minimum absolute atomic E-state index is 0.0243. The molecule has 0 aliphatic rings. The van der Waals surface area contributed by atoms with E-state index in [0.29, 0.717) is 5.69 Å². The van der Waals surface area contributed by atoms with Crippen LogP contribution < -0.4 is 11.1 Å². The first-order chi connectivity index (χ1) is 9.00. The number of hydrogen-bond acceptors (Lipinski definition) is 3. The van der Waals surface area contributed by atoms with E-state index in [1.165, 1.54) is 6.07 Å². The monoisotopic (exact) mass is 278 g/mol. The highest BCUT2D eigenvalue weighted by molar-refractivity contribution is 7.80. The zero-order chi connectivity index (χ0) is 14.0. The topological polar surface area (TPSA) is 55.9 Å². The molecule has 0 aliphatic heterocycles. The fraction of sp³-hybridized carbons (Fsp3) is 0.231. The molecule has 0 radical (unpaired) electrons. The number of aromatic nitrogens is 2. The molecule has 0 fully saturated rings. The van der Waals surface area contributed by atoms with E-state index in [-0.39, 0.29) is 16.6 Å². The fourth-order valence-electron chi connectivity index (χ4n) is 1.84. The zero-order valence-corrected chi connectivity index (χ0v) is 11.5. The second kappa shape index (κ2) is 5.36. The van der Waals surface area contributed by atoms with Crippen LogP contribution in [0.1, 0.15) is 25.5 Å². The normalized spacial score (nSPS) is 10.7. The standard InChI is InChI=1S/C13H15FN4S/c1-8(2)18-11(6-7-16-18)17-10-5-3-4-9(14)12(10)13(15)19/h3-8,17H,1-2H3,(H2,15,19). The lowest BCUT2D eigenvalue weighted by Gasteiger charge is -2.15. The first kappa shape index (κ1) is 13.5. The number of rotatable bonds is 4. The Kier molecular flexibility index (Phi) is 3.80. The lowest BCUT2D eigenvalue weighted by molar-refractivity contribution is 0.540. The minimum atomic E-state index is -0.437. The number of benzene rings is 1. The molecule has 4 nitrogen and oxygen atoms in total. The molecule has 1 aromatic carbocycles. The molecular formula is C13H15FN4S. The lowest BCUT2D eigenvalue weighted by Crippen LogP contribution is -2.15. The first-order valence-corrected chi connectivity index (χ1v) is 6.30. The van der Waals surface area contributed by atoms with E-state index < -0.39 is 5.82 Å². The van der Waals surface area contributed by atoms with Crippen LogP contribution in [0.2, 0.25) is 0 Å². The van der Waals surface area contributed by atoms with E-state index in [2.05, 4.69) is 10.4 Å². The van der Waals surface area contributed by atoms with Gasteiger partial charge >= 0.3 is 0 Å². The van der Waals surface area contributed by atoms with Crippen LogP contribution in [-0.4, -0.2) is 14.8 Å². The maximum atomic E-state index is 13.8. The van der Waals surface area contributed by atoms with Crippen molar-refractivity contribution in [2.45, 2.75) is 19.9 Å². The zero-order valence-electron chi connectivity index (χ0n) is 10.7. The van der Waals surface area contributed by atoms with Gasteiger partial charge in [-0.25, -0.2) is 9.07 Å². The number of nitrogens with one attached hydrogen (secondary N) is 1. The Morgan fingerprint density at radius 3 is 2.79 bits per heavy atom. The van der Waals surface area contributed by atoms with Crippen LogP contribution in [-0.2, 0) is 0 Å². The van der Waals surface area contributed by atoms with Gasteiger partial charge in [0.15, 0.2) is 0 Å². The number of nitrogens with two attached hydrogens (primary N) is 1. The van der Waals surface area contributed by atoms with Gasteiger partial charge in [-0.3, -0.25) is 0 Å². The molecule has 6 heteroatoms. The van der Waals surface area contributed by atoms with Gasteiger partial charge in [-0.05, 0) is 26.0 Å². The summed E-state index contributed by atoms with van der Waals surface area (Å²) >= 11 is 4.89. The van der Waals surface area contributed by atoms with Crippen molar-refractivity contribution in [3.8, 4) is 0 Å². The summed E-state index contributed by atoms with van der Waals surface area (Å²) in [6.45, 7) is 4.02. The molecule has 0 atom stereocenters. The average molecular weight is 278 g/mol. The maximum Gasteiger partial charge on any atom is 0.135 e. The molecule has 0 saturated carbocycles. The van der Waals surface area contributed by atoms with Crippen molar-refractivity contribution in [1.82, 2.24) is 9.78 Å². The lowest BCUT2D eigenvalue weighted by atomic mass is 10.1. The number of anilines is 2. The van der Waals surface area contributed by atoms with Gasteiger partial charge in [-0.2, -0.15) is 5.10 Å². The molecule has 1 aromatic heterocycles. The smallest absolute Gasteiger partial charge is 0.135 e. The van der Waals surface area contributed by atoms with Crippen LogP contribution in [0.25, 0.3) is 0 Å². The minimum Gasteiger partial charge on any atom is -0.389 e. The van der Waals surface area contributed by atoms with E-state index >= 15 is 0 Å². The number of nitrogens with zero attached hydrogens (tertiary/aromatic N) is 2. The molecule has 0 aliphatic carbocycles. The number of thiocarbonyl (C=S) groups is 1. The Morgan fingerprint density at radius 1 is 1.42 bits per heavy atom. The van der Waals surface area contributed by atoms with Crippen LogP contribution in [0.15, 0.2) is 30.5 Å². The Balaban J connectivity index is 2.41. The van der Waals surface area contributed by atoms with Gasteiger partial charge in [0.1, 0.15) is 16.6 Å². The molecule has 0 amide bonds. The van der Waals surface area contributed by atoms with E-state index in [9.17, 15) is 4.39 Å². The second-order valence-electron chi connectivity index (χ2n) is 4.41. The summed E-state index contributed by atoms with van der Waals surface area (Å²) in [7, 11) is 0. The largest absolute Gasteiger partial charge is 0.389 e. The van der Waals surface area contributed by atoms with Gasteiger partial charge < -0.3 is 11.1 Å². The highest BCUT2D eigenvalue weighted by atomic mass is 32.1. The molecule has 2 rings (SSSR count). The molecule has 19 heavy (non-hydrogen) atoms. The average Bonchev–Trinajstić information content (AvgIpc) is 2.76. The van der Waals surface area contributed by atoms with Gasteiger partial charge in [0.2, 0.25) is 0 Å². The van der Waals surface area contributed by atoms with E-state index in [0.717, 1.165) is 5.82 Å². The second-order valence-corrected chi connectivity index (χ2v) is 4.85. The summed E-state index contributed by atoms with van der Waals surface area (Å²) in [5, 5.41) is 7.32. The number of hydrogen-bond donors (Lipinski definition) is 2. The SMILES string of the molecule is CC(C)n1nccc1Nc1cccc(F)c1C(N)=S. The first-order valence-electron chi connectivity index (χ1n) is 5.89. The molecule has 100 valence electrons. The van der Waals surface area contributed by atoms with Crippen LogP contribution in [0, 0.1) is 5.82 Å². The van der Waals surface area contributed by atoms with Gasteiger partial charge in [0.25, 0.3) is 0 Å². The third-order valence-corrected chi connectivity index (χ3v) is 2.89. The summed E-state index contributed by atoms with van der Waals surface area (Å²) in [4.78, 5) is 0.0243. The van der Waals surface area contributed by atoms with Crippen molar-refractivity contribution in [3.05, 3.63) is 41.8 Å². The maximum absolute atomic E-state index is 13.8. The Morgan fingerprint density at radius 2 is 2.16 bits per heavy atom. The van der Waals surface area contributed by atoms with Crippen LogP contribution in [0.3, 0.4) is 0 Å². The quantitative estimate of drug-likeness (QED) is 0.844. The molecule has 0 bridgehead atoms. The van der Waals surface area contributed by atoms with Crippen LogP contribution in [0.5, 0.6) is 0 Å². The van der Waals surface area contributed by atoms with Crippen molar-refractivity contribution in [2.24, 2.45) is 5.73 Å². The van der Waals surface area contributed by atoms with Gasteiger partial charge in [0, 0.05) is 12.1 Å². The van der Waals surface area contributed by atoms with Crippen molar-refractivity contribution < 1.29 is 4.39 Å². The van der Waals surface area contributed by atoms with Gasteiger partial charge in [-0.15, -0.1) is 0 Å². The third kappa shape index (κ3) is 2.73. The summed E-state index contributed by atoms with van der Waals surface area (Å²) < 4.78 is 15.6. The summed E-state index contributed by atoms with van der Waals surface area (Å²) in [6, 6.07) is 6.68.